The average molecular weight is 387 g/mol. The number of benzene rings is 2. The lowest BCUT2D eigenvalue weighted by molar-refractivity contribution is 0.0962. The highest BCUT2D eigenvalue weighted by atomic mass is 16.5. The first-order chi connectivity index (χ1) is 14.1. The predicted molar refractivity (Wildman–Crippen MR) is 114 cm³/mol. The lowest BCUT2D eigenvalue weighted by Crippen LogP contribution is -2.21. The molecule has 1 aliphatic rings. The number of fused-ring (bicyclic) bond motifs is 1. The summed E-state index contributed by atoms with van der Waals surface area (Å²) >= 11 is 0. The highest BCUT2D eigenvalue weighted by Gasteiger charge is 2.28. The SMILES string of the molecule is COc1ccc(CCNc2ncc3c(n2)C[C@@H](c2ccc(C)cc2)CC3=O)cc1. The smallest absolute Gasteiger partial charge is 0.222 e. The maximum absolute atomic E-state index is 12.6. The Balaban J connectivity index is 1.42. The van der Waals surface area contributed by atoms with Crippen molar-refractivity contribution in [1.82, 2.24) is 9.97 Å². The van der Waals surface area contributed by atoms with E-state index in [0.717, 1.165) is 30.8 Å². The molecule has 4 rings (SSSR count). The van der Waals surface area contributed by atoms with Gasteiger partial charge in [0.2, 0.25) is 5.95 Å². The van der Waals surface area contributed by atoms with Gasteiger partial charge in [0.1, 0.15) is 5.75 Å². The van der Waals surface area contributed by atoms with Gasteiger partial charge >= 0.3 is 0 Å². The van der Waals surface area contributed by atoms with Crippen LogP contribution in [-0.4, -0.2) is 29.4 Å². The second-order valence-corrected chi connectivity index (χ2v) is 7.52. The third kappa shape index (κ3) is 4.45. The first-order valence-corrected chi connectivity index (χ1v) is 9.95. The van der Waals surface area contributed by atoms with Gasteiger partial charge in [-0.1, -0.05) is 42.0 Å². The van der Waals surface area contributed by atoms with Gasteiger partial charge in [0.15, 0.2) is 5.78 Å². The lowest BCUT2D eigenvalue weighted by atomic mass is 9.82. The van der Waals surface area contributed by atoms with E-state index in [4.69, 9.17) is 4.74 Å². The van der Waals surface area contributed by atoms with E-state index < -0.39 is 0 Å². The summed E-state index contributed by atoms with van der Waals surface area (Å²) in [7, 11) is 1.66. The van der Waals surface area contributed by atoms with E-state index in [0.29, 0.717) is 17.9 Å². The fraction of sp³-hybridized carbons (Fsp3) is 0.292. The highest BCUT2D eigenvalue weighted by Crippen LogP contribution is 2.32. The van der Waals surface area contributed by atoms with E-state index in [1.54, 1.807) is 13.3 Å². The summed E-state index contributed by atoms with van der Waals surface area (Å²) in [6.07, 6.45) is 3.81. The van der Waals surface area contributed by atoms with Gasteiger partial charge in [-0.25, -0.2) is 9.97 Å². The molecule has 0 radical (unpaired) electrons. The van der Waals surface area contributed by atoms with Gasteiger partial charge in [0.05, 0.1) is 18.4 Å². The van der Waals surface area contributed by atoms with Crippen LogP contribution in [0.5, 0.6) is 5.75 Å². The first-order valence-electron chi connectivity index (χ1n) is 9.95. The number of aryl methyl sites for hydroxylation is 1. The van der Waals surface area contributed by atoms with Crippen LogP contribution in [0.2, 0.25) is 0 Å². The molecule has 29 heavy (non-hydrogen) atoms. The molecule has 1 atom stereocenters. The van der Waals surface area contributed by atoms with Gasteiger partial charge in [-0.05, 0) is 48.9 Å². The molecule has 0 unspecified atom stereocenters. The Morgan fingerprint density at radius 2 is 1.83 bits per heavy atom. The van der Waals surface area contributed by atoms with E-state index in [9.17, 15) is 4.79 Å². The van der Waals surface area contributed by atoms with Crippen LogP contribution in [0.4, 0.5) is 5.95 Å². The van der Waals surface area contributed by atoms with Crippen molar-refractivity contribution in [3.63, 3.8) is 0 Å². The van der Waals surface area contributed by atoms with Gasteiger partial charge in [-0.15, -0.1) is 0 Å². The van der Waals surface area contributed by atoms with Gasteiger partial charge in [0, 0.05) is 19.2 Å². The van der Waals surface area contributed by atoms with Crippen LogP contribution in [0, 0.1) is 6.92 Å². The van der Waals surface area contributed by atoms with Crippen LogP contribution in [0.15, 0.2) is 54.7 Å². The Morgan fingerprint density at radius 3 is 2.55 bits per heavy atom. The lowest BCUT2D eigenvalue weighted by Gasteiger charge is -2.23. The molecule has 2 aromatic carbocycles. The van der Waals surface area contributed by atoms with Crippen molar-refractivity contribution in [3.8, 4) is 5.75 Å². The molecular weight excluding hydrogens is 362 g/mol. The van der Waals surface area contributed by atoms with Crippen LogP contribution < -0.4 is 10.1 Å². The third-order valence-electron chi connectivity index (χ3n) is 5.44. The third-order valence-corrected chi connectivity index (χ3v) is 5.44. The molecule has 5 nitrogen and oxygen atoms in total. The molecule has 3 aromatic rings. The summed E-state index contributed by atoms with van der Waals surface area (Å²) in [6, 6.07) is 16.5. The average Bonchev–Trinajstić information content (AvgIpc) is 2.74. The Bertz CT molecular complexity index is 998. The zero-order chi connectivity index (χ0) is 20.2. The zero-order valence-electron chi connectivity index (χ0n) is 16.8. The van der Waals surface area contributed by atoms with Crippen molar-refractivity contribution in [3.05, 3.63) is 82.7 Å². The Hall–Kier alpha value is -3.21. The van der Waals surface area contributed by atoms with Crippen LogP contribution in [0.3, 0.4) is 0 Å². The Kier molecular flexibility index (Phi) is 5.56. The number of ketones is 1. The monoisotopic (exact) mass is 387 g/mol. The number of carbonyl (C=O) groups is 1. The molecule has 0 amide bonds. The van der Waals surface area contributed by atoms with Crippen LogP contribution >= 0.6 is 0 Å². The van der Waals surface area contributed by atoms with Crippen molar-refractivity contribution in [2.45, 2.75) is 32.1 Å². The van der Waals surface area contributed by atoms with Crippen molar-refractivity contribution < 1.29 is 9.53 Å². The standard InChI is InChI=1S/C24H25N3O2/c1-16-3-7-18(8-4-16)19-13-22-21(23(28)14-19)15-26-24(27-22)25-12-11-17-5-9-20(29-2)10-6-17/h3-10,15,19H,11-14H2,1-2H3,(H,25,26,27)/t19-/m1/s1. The number of carbonyl (C=O) groups excluding carboxylic acids is 1. The summed E-state index contributed by atoms with van der Waals surface area (Å²) in [4.78, 5) is 21.6. The molecule has 1 heterocycles. The summed E-state index contributed by atoms with van der Waals surface area (Å²) in [5.74, 6) is 1.74. The number of hydrogen-bond acceptors (Lipinski definition) is 5. The van der Waals surface area contributed by atoms with E-state index in [1.807, 2.05) is 12.1 Å². The first kappa shape index (κ1) is 19.1. The largest absolute Gasteiger partial charge is 0.497 e. The molecule has 1 aromatic heterocycles. The fourth-order valence-corrected chi connectivity index (χ4v) is 3.72. The molecule has 0 saturated carbocycles. The molecular formula is C24H25N3O2. The van der Waals surface area contributed by atoms with Crippen LogP contribution in [-0.2, 0) is 12.8 Å². The molecule has 0 saturated heterocycles. The minimum atomic E-state index is 0.126. The highest BCUT2D eigenvalue weighted by molar-refractivity contribution is 5.98. The number of aromatic nitrogens is 2. The number of anilines is 1. The molecule has 0 spiro atoms. The number of rotatable bonds is 6. The fourth-order valence-electron chi connectivity index (χ4n) is 3.72. The van der Waals surface area contributed by atoms with Crippen molar-refractivity contribution in [1.29, 1.82) is 0 Å². The normalized spacial score (nSPS) is 15.7. The number of hydrogen-bond donors (Lipinski definition) is 1. The predicted octanol–water partition coefficient (Wildman–Crippen LogP) is 4.36. The maximum atomic E-state index is 12.6. The van der Waals surface area contributed by atoms with Gasteiger partial charge < -0.3 is 10.1 Å². The number of ether oxygens (including phenoxy) is 1. The number of nitrogens with zero attached hydrogens (tertiary/aromatic N) is 2. The molecule has 1 aliphatic carbocycles. The van der Waals surface area contributed by atoms with Crippen molar-refractivity contribution in [2.75, 3.05) is 19.0 Å². The number of methoxy groups -OCH3 is 1. The molecule has 0 aliphatic heterocycles. The van der Waals surface area contributed by atoms with Gasteiger partial charge in [-0.3, -0.25) is 4.79 Å². The minimum absolute atomic E-state index is 0.126. The van der Waals surface area contributed by atoms with Crippen LogP contribution in [0.25, 0.3) is 0 Å². The minimum Gasteiger partial charge on any atom is -0.497 e. The topological polar surface area (TPSA) is 64.1 Å². The number of nitrogens with one attached hydrogen (secondary N) is 1. The summed E-state index contributed by atoms with van der Waals surface area (Å²) in [6.45, 7) is 2.79. The van der Waals surface area contributed by atoms with Crippen LogP contribution in [0.1, 0.15) is 45.1 Å². The zero-order valence-corrected chi connectivity index (χ0v) is 16.8. The molecule has 0 bridgehead atoms. The summed E-state index contributed by atoms with van der Waals surface area (Å²) in [5, 5.41) is 3.28. The van der Waals surface area contributed by atoms with Gasteiger partial charge in [-0.2, -0.15) is 0 Å². The maximum Gasteiger partial charge on any atom is 0.222 e. The number of Topliss-reactive ketones (excluding diaryl/α,β-unsaturated/α-hetero) is 1. The summed E-state index contributed by atoms with van der Waals surface area (Å²) in [5.41, 5.74) is 5.14. The summed E-state index contributed by atoms with van der Waals surface area (Å²) < 4.78 is 5.19. The molecule has 0 fully saturated rings. The molecule has 1 N–H and O–H groups in total. The Labute approximate surface area is 171 Å². The second kappa shape index (κ2) is 8.43. The van der Waals surface area contributed by atoms with Crippen molar-refractivity contribution in [2.24, 2.45) is 0 Å². The van der Waals surface area contributed by atoms with E-state index in [2.05, 4.69) is 58.6 Å². The van der Waals surface area contributed by atoms with E-state index in [-0.39, 0.29) is 11.7 Å². The van der Waals surface area contributed by atoms with E-state index in [1.165, 1.54) is 16.7 Å². The molecule has 5 heteroatoms. The van der Waals surface area contributed by atoms with Crippen molar-refractivity contribution >= 4 is 11.7 Å². The Morgan fingerprint density at radius 1 is 1.07 bits per heavy atom. The van der Waals surface area contributed by atoms with Gasteiger partial charge in [0.25, 0.3) is 0 Å². The van der Waals surface area contributed by atoms with E-state index >= 15 is 0 Å². The molecule has 148 valence electrons. The quantitative estimate of drug-likeness (QED) is 0.681. The second-order valence-electron chi connectivity index (χ2n) is 7.52.